The van der Waals surface area contributed by atoms with Crippen molar-refractivity contribution in [2.75, 3.05) is 26.2 Å². The summed E-state index contributed by atoms with van der Waals surface area (Å²) in [7, 11) is 0. The number of hydrogen-bond donors (Lipinski definition) is 2. The van der Waals surface area contributed by atoms with E-state index in [1.165, 1.54) is 17.0 Å². The number of benzene rings is 2. The van der Waals surface area contributed by atoms with E-state index in [4.69, 9.17) is 0 Å². The van der Waals surface area contributed by atoms with Gasteiger partial charge in [-0.15, -0.1) is 0 Å². The van der Waals surface area contributed by atoms with Crippen LogP contribution >= 0.6 is 0 Å². The molecule has 0 spiro atoms. The predicted molar refractivity (Wildman–Crippen MR) is 150 cm³/mol. The van der Waals surface area contributed by atoms with Crippen LogP contribution in [0.2, 0.25) is 0 Å². The molecule has 4 heterocycles. The molecule has 2 aromatic carbocycles. The maximum atomic E-state index is 14.4. The Bertz CT molecular complexity index is 1540. The summed E-state index contributed by atoms with van der Waals surface area (Å²) in [5, 5.41) is 11.8. The van der Waals surface area contributed by atoms with Crippen molar-refractivity contribution in [2.24, 2.45) is 5.92 Å². The number of nitrogens with one attached hydrogen (secondary N) is 1. The lowest BCUT2D eigenvalue weighted by Crippen LogP contribution is -2.53. The van der Waals surface area contributed by atoms with Crippen molar-refractivity contribution in [3.05, 3.63) is 100 Å². The molecule has 0 aliphatic carbocycles. The Morgan fingerprint density at radius 3 is 2.58 bits per heavy atom. The van der Waals surface area contributed by atoms with Crippen LogP contribution in [0.4, 0.5) is 4.39 Å². The molecule has 9 heteroatoms. The lowest BCUT2D eigenvalue weighted by Gasteiger charge is -2.43. The molecule has 2 aromatic heterocycles. The molecule has 0 bridgehead atoms. The number of piperidine rings is 2. The minimum Gasteiger partial charge on any atom is -0.388 e. The number of hydrogen-bond acceptors (Lipinski definition) is 5. The van der Waals surface area contributed by atoms with E-state index in [-0.39, 0.29) is 35.7 Å². The van der Waals surface area contributed by atoms with Crippen LogP contribution in [0.25, 0.3) is 11.0 Å². The van der Waals surface area contributed by atoms with Gasteiger partial charge in [0.1, 0.15) is 11.5 Å². The third kappa shape index (κ3) is 5.31. The van der Waals surface area contributed by atoms with Gasteiger partial charge in [0, 0.05) is 49.8 Å². The standard InChI is InChI=1S/C31H34FN5O3/c32-27-9-5-4-8-23(27)18-35-15-11-24(26(19-35)22-6-2-1-3-7-22)29(38)36-16-12-31(40,13-17-36)20-37-21-34-28-25(30(37)39)10-14-33-28/h1-10,14,21,24,26,33,40H,11-13,15-20H2/t24-,26+/m1/s1. The quantitative estimate of drug-likeness (QED) is 0.388. The highest BCUT2D eigenvalue weighted by Crippen LogP contribution is 2.36. The molecule has 0 saturated carbocycles. The summed E-state index contributed by atoms with van der Waals surface area (Å²) < 4.78 is 15.8. The number of aromatic nitrogens is 3. The van der Waals surface area contributed by atoms with Gasteiger partial charge in [0.2, 0.25) is 5.91 Å². The predicted octanol–water partition coefficient (Wildman–Crippen LogP) is 3.52. The summed E-state index contributed by atoms with van der Waals surface area (Å²) in [5.74, 6) is -0.293. The monoisotopic (exact) mass is 543 g/mol. The summed E-state index contributed by atoms with van der Waals surface area (Å²) >= 11 is 0. The Labute approximate surface area is 232 Å². The lowest BCUT2D eigenvalue weighted by atomic mass is 9.79. The second kappa shape index (κ2) is 11.0. The van der Waals surface area contributed by atoms with Crippen LogP contribution in [0.3, 0.4) is 0 Å². The molecule has 0 unspecified atom stereocenters. The Hall–Kier alpha value is -3.82. The number of rotatable bonds is 6. The fraction of sp³-hybridized carbons (Fsp3) is 0.387. The van der Waals surface area contributed by atoms with Crippen molar-refractivity contribution in [3.63, 3.8) is 0 Å². The van der Waals surface area contributed by atoms with Crippen molar-refractivity contribution >= 4 is 16.9 Å². The number of aromatic amines is 1. The van der Waals surface area contributed by atoms with Gasteiger partial charge in [-0.05, 0) is 43.5 Å². The second-order valence-electron chi connectivity index (χ2n) is 11.2. The van der Waals surface area contributed by atoms with Crippen LogP contribution in [0, 0.1) is 11.7 Å². The van der Waals surface area contributed by atoms with E-state index in [0.29, 0.717) is 68.6 Å². The number of likely N-dealkylation sites (tertiary alicyclic amines) is 2. The van der Waals surface area contributed by atoms with Crippen LogP contribution in [0.5, 0.6) is 0 Å². The minimum absolute atomic E-state index is 0.00670. The molecule has 1 amide bonds. The first-order chi connectivity index (χ1) is 19.4. The Balaban J connectivity index is 1.14. The minimum atomic E-state index is -1.09. The molecular weight excluding hydrogens is 509 g/mol. The average Bonchev–Trinajstić information content (AvgIpc) is 3.46. The molecular formula is C31H34FN5O3. The average molecular weight is 544 g/mol. The van der Waals surface area contributed by atoms with Crippen molar-refractivity contribution in [1.29, 1.82) is 0 Å². The highest BCUT2D eigenvalue weighted by Gasteiger charge is 2.41. The summed E-state index contributed by atoms with van der Waals surface area (Å²) in [6.07, 6.45) is 4.61. The van der Waals surface area contributed by atoms with Crippen molar-refractivity contribution in [3.8, 4) is 0 Å². The van der Waals surface area contributed by atoms with Gasteiger partial charge in [-0.2, -0.15) is 0 Å². The zero-order chi connectivity index (χ0) is 27.7. The Morgan fingerprint density at radius 1 is 1.05 bits per heavy atom. The number of aliphatic hydroxyl groups is 1. The SMILES string of the molecule is O=C([C@@H]1CCN(Cc2ccccc2F)C[C@H]1c1ccccc1)N1CCC(O)(Cn2cnc3[nH]ccc3c2=O)CC1. The smallest absolute Gasteiger partial charge is 0.262 e. The molecule has 8 nitrogen and oxygen atoms in total. The third-order valence-corrected chi connectivity index (χ3v) is 8.61. The fourth-order valence-corrected chi connectivity index (χ4v) is 6.30. The molecule has 4 aromatic rings. The highest BCUT2D eigenvalue weighted by atomic mass is 19.1. The molecule has 2 N–H and O–H groups in total. The van der Waals surface area contributed by atoms with Crippen LogP contribution in [-0.2, 0) is 17.9 Å². The van der Waals surface area contributed by atoms with E-state index in [9.17, 15) is 19.1 Å². The van der Waals surface area contributed by atoms with E-state index in [1.54, 1.807) is 18.3 Å². The van der Waals surface area contributed by atoms with E-state index < -0.39 is 5.60 Å². The number of amides is 1. The summed E-state index contributed by atoms with van der Waals surface area (Å²) in [4.78, 5) is 38.0. The zero-order valence-corrected chi connectivity index (χ0v) is 22.4. The van der Waals surface area contributed by atoms with Crippen LogP contribution in [0.15, 0.2) is 78.0 Å². The van der Waals surface area contributed by atoms with E-state index in [1.807, 2.05) is 35.2 Å². The highest BCUT2D eigenvalue weighted by molar-refractivity contribution is 5.80. The van der Waals surface area contributed by atoms with Gasteiger partial charge < -0.3 is 15.0 Å². The lowest BCUT2D eigenvalue weighted by molar-refractivity contribution is -0.142. The molecule has 208 valence electrons. The number of fused-ring (bicyclic) bond motifs is 1. The molecule has 2 fully saturated rings. The number of carbonyl (C=O) groups excluding carboxylic acids is 1. The molecule has 2 aliphatic heterocycles. The Morgan fingerprint density at radius 2 is 1.80 bits per heavy atom. The van der Waals surface area contributed by atoms with Crippen LogP contribution in [0.1, 0.15) is 36.3 Å². The van der Waals surface area contributed by atoms with Gasteiger partial charge in [0.05, 0.1) is 23.9 Å². The Kier molecular flexibility index (Phi) is 7.25. The van der Waals surface area contributed by atoms with E-state index >= 15 is 0 Å². The van der Waals surface area contributed by atoms with Gasteiger partial charge in [0.15, 0.2) is 0 Å². The van der Waals surface area contributed by atoms with Gasteiger partial charge in [-0.3, -0.25) is 19.1 Å². The van der Waals surface area contributed by atoms with Crippen LogP contribution < -0.4 is 5.56 Å². The number of H-pyrrole nitrogens is 1. The van der Waals surface area contributed by atoms with Crippen molar-refractivity contribution in [2.45, 2.75) is 43.9 Å². The second-order valence-corrected chi connectivity index (χ2v) is 11.2. The third-order valence-electron chi connectivity index (χ3n) is 8.61. The maximum absolute atomic E-state index is 14.4. The first-order valence-corrected chi connectivity index (χ1v) is 13.9. The van der Waals surface area contributed by atoms with Gasteiger partial charge in [0.25, 0.3) is 5.56 Å². The molecule has 2 atom stereocenters. The van der Waals surface area contributed by atoms with E-state index in [0.717, 1.165) is 5.56 Å². The first-order valence-electron chi connectivity index (χ1n) is 13.9. The molecule has 2 aliphatic rings. The molecule has 0 radical (unpaired) electrons. The topological polar surface area (TPSA) is 94.5 Å². The molecule has 2 saturated heterocycles. The summed E-state index contributed by atoms with van der Waals surface area (Å²) in [6, 6.07) is 18.7. The fourth-order valence-electron chi connectivity index (χ4n) is 6.30. The van der Waals surface area contributed by atoms with Gasteiger partial charge >= 0.3 is 0 Å². The van der Waals surface area contributed by atoms with Crippen LogP contribution in [-0.4, -0.2) is 67.1 Å². The summed E-state index contributed by atoms with van der Waals surface area (Å²) in [6.45, 7) is 2.90. The largest absolute Gasteiger partial charge is 0.388 e. The number of carbonyl (C=O) groups is 1. The van der Waals surface area contributed by atoms with Gasteiger partial charge in [-0.1, -0.05) is 48.5 Å². The van der Waals surface area contributed by atoms with Crippen molar-refractivity contribution in [1.82, 2.24) is 24.3 Å². The number of nitrogens with zero attached hydrogens (tertiary/aromatic N) is 4. The number of halogens is 1. The molecule has 6 rings (SSSR count). The first kappa shape index (κ1) is 26.4. The van der Waals surface area contributed by atoms with E-state index in [2.05, 4.69) is 27.0 Å². The maximum Gasteiger partial charge on any atom is 0.262 e. The normalized spacial score (nSPS) is 21.5. The van der Waals surface area contributed by atoms with Crippen molar-refractivity contribution < 1.29 is 14.3 Å². The zero-order valence-electron chi connectivity index (χ0n) is 22.4. The molecule has 40 heavy (non-hydrogen) atoms. The summed E-state index contributed by atoms with van der Waals surface area (Å²) in [5.41, 5.74) is 1.03. The van der Waals surface area contributed by atoms with Gasteiger partial charge in [-0.25, -0.2) is 9.37 Å².